The summed E-state index contributed by atoms with van der Waals surface area (Å²) >= 11 is 0. The summed E-state index contributed by atoms with van der Waals surface area (Å²) in [5.74, 6) is 0. The van der Waals surface area contributed by atoms with E-state index in [9.17, 15) is 4.79 Å². The van der Waals surface area contributed by atoms with Gasteiger partial charge < -0.3 is 10.3 Å². The van der Waals surface area contributed by atoms with E-state index >= 15 is 0 Å². The van der Waals surface area contributed by atoms with Gasteiger partial charge in [0.1, 0.15) is 0 Å². The van der Waals surface area contributed by atoms with Crippen LogP contribution in [0.1, 0.15) is 23.6 Å². The lowest BCUT2D eigenvalue weighted by atomic mass is 10.0. The second kappa shape index (κ2) is 5.41. The lowest BCUT2D eigenvalue weighted by Gasteiger charge is -2.13. The third kappa shape index (κ3) is 2.47. The van der Waals surface area contributed by atoms with Gasteiger partial charge in [-0.05, 0) is 49.6 Å². The molecule has 1 heterocycles. The molecule has 1 aromatic heterocycles. The second-order valence-electron chi connectivity index (χ2n) is 4.80. The molecule has 0 radical (unpaired) electrons. The molecule has 0 saturated heterocycles. The zero-order chi connectivity index (χ0) is 14.0. The van der Waals surface area contributed by atoms with Crippen molar-refractivity contribution in [3.8, 4) is 11.3 Å². The summed E-state index contributed by atoms with van der Waals surface area (Å²) in [5.41, 5.74) is 10.8. The zero-order valence-electron chi connectivity index (χ0n) is 11.7. The molecule has 0 fully saturated rings. The molecule has 2 aromatic rings. The van der Waals surface area contributed by atoms with Crippen molar-refractivity contribution in [2.75, 3.05) is 0 Å². The Morgan fingerprint density at radius 1 is 1.11 bits per heavy atom. The number of nitrogens with two attached hydrogens (primary N) is 1. The predicted molar refractivity (Wildman–Crippen MR) is 79.2 cm³/mol. The normalized spacial score (nSPS) is 10.7. The summed E-state index contributed by atoms with van der Waals surface area (Å²) in [6.45, 7) is 7.08. The Bertz CT molecular complexity index is 656. The molecule has 3 heteroatoms. The lowest BCUT2D eigenvalue weighted by molar-refractivity contribution is 0.723. The van der Waals surface area contributed by atoms with Crippen LogP contribution < -0.4 is 11.3 Å². The summed E-state index contributed by atoms with van der Waals surface area (Å²) in [6.07, 6.45) is 0. The van der Waals surface area contributed by atoms with Gasteiger partial charge in [0, 0.05) is 18.7 Å². The molecule has 0 amide bonds. The SMILES string of the molecule is CCn1c(-c2ccc(C)c(C)c2)ccc(CN)c1=O. The number of hydrogen-bond acceptors (Lipinski definition) is 2. The first-order valence-corrected chi connectivity index (χ1v) is 6.59. The van der Waals surface area contributed by atoms with Crippen molar-refractivity contribution in [2.45, 2.75) is 33.9 Å². The van der Waals surface area contributed by atoms with Gasteiger partial charge in [0.05, 0.1) is 5.69 Å². The van der Waals surface area contributed by atoms with Crippen molar-refractivity contribution in [1.29, 1.82) is 0 Å². The number of aryl methyl sites for hydroxylation is 2. The van der Waals surface area contributed by atoms with Gasteiger partial charge >= 0.3 is 0 Å². The lowest BCUT2D eigenvalue weighted by Crippen LogP contribution is -2.25. The van der Waals surface area contributed by atoms with Crippen LogP contribution in [0.4, 0.5) is 0 Å². The summed E-state index contributed by atoms with van der Waals surface area (Å²) in [7, 11) is 0. The molecule has 0 aliphatic carbocycles. The highest BCUT2D eigenvalue weighted by molar-refractivity contribution is 5.61. The van der Waals surface area contributed by atoms with Gasteiger partial charge in [-0.3, -0.25) is 4.79 Å². The first-order valence-electron chi connectivity index (χ1n) is 6.59. The van der Waals surface area contributed by atoms with Crippen molar-refractivity contribution in [2.24, 2.45) is 5.73 Å². The Hall–Kier alpha value is -1.87. The molecule has 1 aromatic carbocycles. The van der Waals surface area contributed by atoms with Gasteiger partial charge in [-0.2, -0.15) is 0 Å². The highest BCUT2D eigenvalue weighted by Gasteiger charge is 2.09. The Balaban J connectivity index is 2.65. The second-order valence-corrected chi connectivity index (χ2v) is 4.80. The van der Waals surface area contributed by atoms with E-state index in [-0.39, 0.29) is 12.1 Å². The fourth-order valence-corrected chi connectivity index (χ4v) is 2.25. The van der Waals surface area contributed by atoms with Crippen molar-refractivity contribution in [3.63, 3.8) is 0 Å². The smallest absolute Gasteiger partial charge is 0.255 e. The summed E-state index contributed by atoms with van der Waals surface area (Å²) in [5, 5.41) is 0. The van der Waals surface area contributed by atoms with Crippen LogP contribution in [0.15, 0.2) is 35.1 Å². The Kier molecular flexibility index (Phi) is 3.86. The molecular formula is C16H20N2O. The number of hydrogen-bond donors (Lipinski definition) is 1. The molecule has 0 atom stereocenters. The minimum absolute atomic E-state index is 0.0146. The number of benzene rings is 1. The van der Waals surface area contributed by atoms with Gasteiger partial charge in [-0.25, -0.2) is 0 Å². The first-order chi connectivity index (χ1) is 9.08. The van der Waals surface area contributed by atoms with Gasteiger partial charge in [-0.1, -0.05) is 18.2 Å². The Labute approximate surface area is 113 Å². The van der Waals surface area contributed by atoms with Gasteiger partial charge in [0.25, 0.3) is 5.56 Å². The molecule has 0 bridgehead atoms. The van der Waals surface area contributed by atoms with Gasteiger partial charge in [0.15, 0.2) is 0 Å². The van der Waals surface area contributed by atoms with Gasteiger partial charge in [-0.15, -0.1) is 0 Å². The number of nitrogens with zero attached hydrogens (tertiary/aromatic N) is 1. The van der Waals surface area contributed by atoms with Crippen LogP contribution in [-0.4, -0.2) is 4.57 Å². The predicted octanol–water partition coefficient (Wildman–Crippen LogP) is 2.61. The average molecular weight is 256 g/mol. The molecule has 0 saturated carbocycles. The maximum absolute atomic E-state index is 12.3. The minimum Gasteiger partial charge on any atom is -0.326 e. The van der Waals surface area contributed by atoms with E-state index in [1.807, 2.05) is 19.1 Å². The summed E-state index contributed by atoms with van der Waals surface area (Å²) in [6, 6.07) is 10.1. The number of aromatic nitrogens is 1. The zero-order valence-corrected chi connectivity index (χ0v) is 11.7. The molecule has 100 valence electrons. The molecule has 3 nitrogen and oxygen atoms in total. The maximum atomic E-state index is 12.3. The highest BCUT2D eigenvalue weighted by Crippen LogP contribution is 2.21. The molecule has 0 spiro atoms. The van der Waals surface area contributed by atoms with Crippen LogP contribution in [0.25, 0.3) is 11.3 Å². The van der Waals surface area contributed by atoms with Crippen LogP contribution in [0, 0.1) is 13.8 Å². The summed E-state index contributed by atoms with van der Waals surface area (Å²) < 4.78 is 1.78. The maximum Gasteiger partial charge on any atom is 0.255 e. The largest absolute Gasteiger partial charge is 0.326 e. The fraction of sp³-hybridized carbons (Fsp3) is 0.312. The van der Waals surface area contributed by atoms with Crippen molar-refractivity contribution in [3.05, 3.63) is 57.4 Å². The monoisotopic (exact) mass is 256 g/mol. The van der Waals surface area contributed by atoms with E-state index in [4.69, 9.17) is 5.73 Å². The molecule has 0 aliphatic rings. The van der Waals surface area contributed by atoms with Crippen LogP contribution in [0.2, 0.25) is 0 Å². The van der Waals surface area contributed by atoms with Crippen molar-refractivity contribution < 1.29 is 0 Å². The quantitative estimate of drug-likeness (QED) is 0.917. The van der Waals surface area contributed by atoms with Crippen molar-refractivity contribution >= 4 is 0 Å². The fourth-order valence-electron chi connectivity index (χ4n) is 2.25. The molecule has 0 aliphatic heterocycles. The first kappa shape index (κ1) is 13.6. The van der Waals surface area contributed by atoms with E-state index < -0.39 is 0 Å². The van der Waals surface area contributed by atoms with E-state index in [0.717, 1.165) is 11.3 Å². The molecule has 2 rings (SSSR count). The highest BCUT2D eigenvalue weighted by atomic mass is 16.1. The summed E-state index contributed by atoms with van der Waals surface area (Å²) in [4.78, 5) is 12.3. The van der Waals surface area contributed by atoms with Gasteiger partial charge in [0.2, 0.25) is 0 Å². The molecule has 2 N–H and O–H groups in total. The average Bonchev–Trinajstić information content (AvgIpc) is 2.41. The standard InChI is InChI=1S/C16H20N2O/c1-4-18-15(8-7-14(10-17)16(18)19)13-6-5-11(2)12(3)9-13/h5-9H,4,10,17H2,1-3H3. The van der Waals surface area contributed by atoms with E-state index in [1.165, 1.54) is 11.1 Å². The Morgan fingerprint density at radius 3 is 2.42 bits per heavy atom. The minimum atomic E-state index is 0.0146. The number of rotatable bonds is 3. The van der Waals surface area contributed by atoms with Crippen LogP contribution in [0.3, 0.4) is 0 Å². The third-order valence-corrected chi connectivity index (χ3v) is 3.59. The van der Waals surface area contributed by atoms with E-state index in [2.05, 4.69) is 32.0 Å². The number of pyridine rings is 1. The molecule has 19 heavy (non-hydrogen) atoms. The van der Waals surface area contributed by atoms with Crippen LogP contribution in [-0.2, 0) is 13.1 Å². The van der Waals surface area contributed by atoms with Crippen molar-refractivity contribution in [1.82, 2.24) is 4.57 Å². The molecular weight excluding hydrogens is 236 g/mol. The topological polar surface area (TPSA) is 48.0 Å². The molecule has 0 unspecified atom stereocenters. The Morgan fingerprint density at radius 2 is 1.84 bits per heavy atom. The van der Waals surface area contributed by atoms with Crippen LogP contribution in [0.5, 0.6) is 0 Å². The van der Waals surface area contributed by atoms with E-state index in [0.29, 0.717) is 12.1 Å². The van der Waals surface area contributed by atoms with E-state index in [1.54, 1.807) is 4.57 Å². The van der Waals surface area contributed by atoms with Crippen LogP contribution >= 0.6 is 0 Å². The third-order valence-electron chi connectivity index (χ3n) is 3.59.